The van der Waals surface area contributed by atoms with Crippen LogP contribution in [0, 0.1) is 0 Å². The van der Waals surface area contributed by atoms with Crippen LogP contribution in [0.2, 0.25) is 0 Å². The topological polar surface area (TPSA) is 3.88 Å². The van der Waals surface area contributed by atoms with Crippen LogP contribution in [0.25, 0.3) is 0 Å². The molecule has 0 aromatic carbocycles. The minimum atomic E-state index is 0. The number of hydrogen-bond donors (Lipinski definition) is 0. The summed E-state index contributed by atoms with van der Waals surface area (Å²) in [7, 11) is 0. The van der Waals surface area contributed by atoms with Crippen molar-refractivity contribution in [3.05, 3.63) is 30.6 Å². The summed E-state index contributed by atoms with van der Waals surface area (Å²) in [4.78, 5) is 0. The van der Waals surface area contributed by atoms with Gasteiger partial charge in [0.05, 0.1) is 0 Å². The molecule has 1 nitrogen and oxygen atoms in total. The molecule has 17 heavy (non-hydrogen) atoms. The van der Waals surface area contributed by atoms with Gasteiger partial charge in [0.15, 0.2) is 12.4 Å². The molecule has 1 heterocycles. The third kappa shape index (κ3) is 9.34. The summed E-state index contributed by atoms with van der Waals surface area (Å²) in [6.07, 6.45) is 15.5. The molecule has 0 saturated carbocycles. The van der Waals surface area contributed by atoms with Crippen LogP contribution in [0.3, 0.4) is 0 Å². The van der Waals surface area contributed by atoms with E-state index in [4.69, 9.17) is 0 Å². The Morgan fingerprint density at radius 3 is 1.82 bits per heavy atom. The van der Waals surface area contributed by atoms with E-state index in [1.54, 1.807) is 0 Å². The lowest BCUT2D eigenvalue weighted by atomic mass is 10.1. The molecule has 0 amide bonds. The molecule has 0 aliphatic carbocycles. The molecule has 0 spiro atoms. The lowest BCUT2D eigenvalue weighted by Gasteiger charge is -2.00. The Labute approximate surface area is 117 Å². The molecule has 0 aliphatic rings. The van der Waals surface area contributed by atoms with E-state index in [9.17, 15) is 0 Å². The molecule has 98 valence electrons. The summed E-state index contributed by atoms with van der Waals surface area (Å²) < 4.78 is 2.27. The highest BCUT2D eigenvalue weighted by atomic mass is 79.9. The van der Waals surface area contributed by atoms with Gasteiger partial charge in [0.2, 0.25) is 0 Å². The molecule has 0 radical (unpaired) electrons. The van der Waals surface area contributed by atoms with Crippen molar-refractivity contribution in [1.82, 2.24) is 0 Å². The molecule has 1 aromatic heterocycles. The smallest absolute Gasteiger partial charge is 0.168 e. The van der Waals surface area contributed by atoms with Gasteiger partial charge in [0, 0.05) is 18.6 Å². The van der Waals surface area contributed by atoms with Gasteiger partial charge in [-0.05, 0) is 6.42 Å². The van der Waals surface area contributed by atoms with Crippen LogP contribution in [-0.4, -0.2) is 0 Å². The second-order valence-electron chi connectivity index (χ2n) is 4.59. The molecule has 0 aliphatic heterocycles. The van der Waals surface area contributed by atoms with Crippen molar-refractivity contribution in [2.24, 2.45) is 0 Å². The fourth-order valence-corrected chi connectivity index (χ4v) is 2.01. The second kappa shape index (κ2) is 12.1. The van der Waals surface area contributed by atoms with Gasteiger partial charge in [-0.3, -0.25) is 0 Å². The first-order valence-corrected chi connectivity index (χ1v) is 6.87. The molecule has 0 fully saturated rings. The minimum Gasteiger partial charge on any atom is -1.00 e. The third-order valence-corrected chi connectivity index (χ3v) is 3.05. The van der Waals surface area contributed by atoms with E-state index in [0.717, 1.165) is 0 Å². The van der Waals surface area contributed by atoms with Crippen molar-refractivity contribution in [3.8, 4) is 0 Å². The summed E-state index contributed by atoms with van der Waals surface area (Å²) in [6, 6.07) is 6.28. The molecule has 1 aromatic rings. The van der Waals surface area contributed by atoms with Crippen LogP contribution >= 0.6 is 0 Å². The monoisotopic (exact) mass is 299 g/mol. The van der Waals surface area contributed by atoms with Crippen LogP contribution < -0.4 is 21.5 Å². The highest BCUT2D eigenvalue weighted by Crippen LogP contribution is 2.08. The standard InChI is InChI=1S/C15H26N.BrH/c1-2-3-4-5-6-7-8-10-13-16-14-11-9-12-15-16;/h9,11-12,14-15H,2-8,10,13H2,1H3;1H/q+1;/p-1. The Morgan fingerprint density at radius 1 is 0.706 bits per heavy atom. The molecule has 0 N–H and O–H groups in total. The van der Waals surface area contributed by atoms with E-state index in [-0.39, 0.29) is 17.0 Å². The normalized spacial score (nSPS) is 9.94. The first-order valence-electron chi connectivity index (χ1n) is 6.87. The number of pyridine rings is 1. The maximum absolute atomic E-state index is 2.27. The Hall–Kier alpha value is -0.370. The lowest BCUT2D eigenvalue weighted by molar-refractivity contribution is -0.697. The van der Waals surface area contributed by atoms with Crippen LogP contribution in [0.4, 0.5) is 0 Å². The average molecular weight is 300 g/mol. The number of nitrogens with zero attached hydrogens (tertiary/aromatic N) is 1. The van der Waals surface area contributed by atoms with E-state index in [0.29, 0.717) is 0 Å². The number of aryl methyl sites for hydroxylation is 1. The van der Waals surface area contributed by atoms with E-state index in [1.165, 1.54) is 57.9 Å². The van der Waals surface area contributed by atoms with Crippen LogP contribution in [-0.2, 0) is 6.54 Å². The van der Waals surface area contributed by atoms with Gasteiger partial charge in [-0.2, -0.15) is 0 Å². The van der Waals surface area contributed by atoms with Crippen LogP contribution in [0.5, 0.6) is 0 Å². The van der Waals surface area contributed by atoms with Gasteiger partial charge in [-0.25, -0.2) is 4.57 Å². The zero-order chi connectivity index (χ0) is 11.5. The number of hydrogen-bond acceptors (Lipinski definition) is 0. The Morgan fingerprint density at radius 2 is 1.24 bits per heavy atom. The molecule has 2 heteroatoms. The van der Waals surface area contributed by atoms with Crippen molar-refractivity contribution in [2.75, 3.05) is 0 Å². The first-order chi connectivity index (χ1) is 7.93. The Balaban J connectivity index is 0.00000256. The summed E-state index contributed by atoms with van der Waals surface area (Å²) in [5, 5.41) is 0. The molecular weight excluding hydrogens is 274 g/mol. The second-order valence-corrected chi connectivity index (χ2v) is 4.59. The van der Waals surface area contributed by atoms with E-state index in [2.05, 4.69) is 42.1 Å². The summed E-state index contributed by atoms with van der Waals surface area (Å²) >= 11 is 0. The van der Waals surface area contributed by atoms with Gasteiger partial charge >= 0.3 is 0 Å². The number of rotatable bonds is 9. The van der Waals surface area contributed by atoms with Crippen molar-refractivity contribution in [3.63, 3.8) is 0 Å². The lowest BCUT2D eigenvalue weighted by Crippen LogP contribution is -3.00. The van der Waals surface area contributed by atoms with E-state index < -0.39 is 0 Å². The third-order valence-electron chi connectivity index (χ3n) is 3.05. The molecule has 0 saturated heterocycles. The summed E-state index contributed by atoms with van der Waals surface area (Å²) in [5.74, 6) is 0. The van der Waals surface area contributed by atoms with Crippen LogP contribution in [0.1, 0.15) is 58.3 Å². The SMILES string of the molecule is CCCCCCCCCC[n+]1ccccc1.[Br-]. The highest BCUT2D eigenvalue weighted by molar-refractivity contribution is 4.83. The molecule has 0 bridgehead atoms. The van der Waals surface area contributed by atoms with E-state index in [1.807, 2.05) is 0 Å². The fraction of sp³-hybridized carbons (Fsp3) is 0.667. The number of unbranched alkanes of at least 4 members (excludes halogenated alkanes) is 7. The van der Waals surface area contributed by atoms with Crippen LogP contribution in [0.15, 0.2) is 30.6 Å². The quantitative estimate of drug-likeness (QED) is 0.475. The Bertz CT molecular complexity index is 248. The van der Waals surface area contributed by atoms with Gasteiger partial charge in [0.25, 0.3) is 0 Å². The van der Waals surface area contributed by atoms with Gasteiger partial charge in [-0.15, -0.1) is 0 Å². The van der Waals surface area contributed by atoms with Crippen molar-refractivity contribution in [2.45, 2.75) is 64.8 Å². The zero-order valence-electron chi connectivity index (χ0n) is 11.1. The van der Waals surface area contributed by atoms with Crippen molar-refractivity contribution >= 4 is 0 Å². The van der Waals surface area contributed by atoms with Gasteiger partial charge < -0.3 is 17.0 Å². The number of halogens is 1. The van der Waals surface area contributed by atoms with Gasteiger partial charge in [-0.1, -0.05) is 51.5 Å². The predicted molar refractivity (Wildman–Crippen MR) is 69.2 cm³/mol. The molecule has 0 unspecified atom stereocenters. The summed E-state index contributed by atoms with van der Waals surface area (Å²) in [6.45, 7) is 3.45. The predicted octanol–water partition coefficient (Wildman–Crippen LogP) is 1.12. The summed E-state index contributed by atoms with van der Waals surface area (Å²) in [5.41, 5.74) is 0. The van der Waals surface area contributed by atoms with Crippen molar-refractivity contribution < 1.29 is 21.5 Å². The van der Waals surface area contributed by atoms with E-state index >= 15 is 0 Å². The minimum absolute atomic E-state index is 0. The largest absolute Gasteiger partial charge is 1.00 e. The maximum atomic E-state index is 2.27. The number of aromatic nitrogens is 1. The van der Waals surface area contributed by atoms with Gasteiger partial charge in [0.1, 0.15) is 6.54 Å². The molecule has 0 atom stereocenters. The first kappa shape index (κ1) is 16.6. The maximum Gasteiger partial charge on any atom is 0.168 e. The molecule has 1 rings (SSSR count). The fourth-order valence-electron chi connectivity index (χ4n) is 2.01. The Kier molecular flexibility index (Phi) is 11.8. The van der Waals surface area contributed by atoms with Crippen molar-refractivity contribution in [1.29, 1.82) is 0 Å². The average Bonchev–Trinajstić information content (AvgIpc) is 2.34. The highest BCUT2D eigenvalue weighted by Gasteiger charge is 1.97. The zero-order valence-corrected chi connectivity index (χ0v) is 12.7. The molecular formula is C15H26BrN.